The average Bonchev–Trinajstić information content (AvgIpc) is 2.87. The lowest BCUT2D eigenvalue weighted by Crippen LogP contribution is -2.33. The highest BCUT2D eigenvalue weighted by molar-refractivity contribution is 5.09. The van der Waals surface area contributed by atoms with Gasteiger partial charge in [-0.3, -0.25) is 0 Å². The third-order valence-electron chi connectivity index (χ3n) is 4.32. The predicted octanol–water partition coefficient (Wildman–Crippen LogP) is 3.83. The van der Waals surface area contributed by atoms with Gasteiger partial charge in [-0.2, -0.15) is 0 Å². The molecule has 0 radical (unpaired) electrons. The van der Waals surface area contributed by atoms with Gasteiger partial charge in [0.1, 0.15) is 0 Å². The molecule has 1 heterocycles. The van der Waals surface area contributed by atoms with Crippen LogP contribution in [0.1, 0.15) is 58.3 Å². The van der Waals surface area contributed by atoms with Crippen molar-refractivity contribution in [1.29, 1.82) is 0 Å². The molecule has 3 heteroatoms. The van der Waals surface area contributed by atoms with Gasteiger partial charge in [-0.15, -0.1) is 0 Å². The fraction of sp³-hybridized carbons (Fsp3) is 0.875. The van der Waals surface area contributed by atoms with Crippen LogP contribution >= 0.6 is 0 Å². The van der Waals surface area contributed by atoms with E-state index in [4.69, 9.17) is 14.2 Å². The lowest BCUT2D eigenvalue weighted by molar-refractivity contribution is -0.167. The highest BCUT2D eigenvalue weighted by Gasteiger charge is 2.39. The highest BCUT2D eigenvalue weighted by atomic mass is 16.7. The molecule has 19 heavy (non-hydrogen) atoms. The van der Waals surface area contributed by atoms with E-state index in [2.05, 4.69) is 13.0 Å². The molecular weight excluding hydrogens is 240 g/mol. The molecule has 1 saturated carbocycles. The zero-order chi connectivity index (χ0) is 13.6. The van der Waals surface area contributed by atoms with Gasteiger partial charge in [0.25, 0.3) is 0 Å². The van der Waals surface area contributed by atoms with Crippen molar-refractivity contribution >= 4 is 0 Å². The molecule has 110 valence electrons. The van der Waals surface area contributed by atoms with E-state index >= 15 is 0 Å². The van der Waals surface area contributed by atoms with Gasteiger partial charge in [0.05, 0.1) is 19.3 Å². The molecule has 0 aromatic heterocycles. The Morgan fingerprint density at radius 3 is 2.84 bits per heavy atom. The van der Waals surface area contributed by atoms with Crippen LogP contribution < -0.4 is 0 Å². The van der Waals surface area contributed by atoms with Crippen LogP contribution in [-0.4, -0.2) is 32.2 Å². The molecule has 2 fully saturated rings. The van der Waals surface area contributed by atoms with E-state index in [0.717, 1.165) is 45.3 Å². The van der Waals surface area contributed by atoms with Crippen molar-refractivity contribution in [3.63, 3.8) is 0 Å². The second-order valence-corrected chi connectivity index (χ2v) is 5.70. The van der Waals surface area contributed by atoms with Crippen molar-refractivity contribution in [3.8, 4) is 0 Å². The Morgan fingerprint density at radius 1 is 1.37 bits per heavy atom. The van der Waals surface area contributed by atoms with Gasteiger partial charge in [0.2, 0.25) is 0 Å². The van der Waals surface area contributed by atoms with Crippen molar-refractivity contribution < 1.29 is 14.2 Å². The van der Waals surface area contributed by atoms with Gasteiger partial charge in [-0.25, -0.2) is 0 Å². The monoisotopic (exact) mass is 268 g/mol. The summed E-state index contributed by atoms with van der Waals surface area (Å²) in [6.07, 6.45) is 11.9. The molecule has 0 aromatic carbocycles. The summed E-state index contributed by atoms with van der Waals surface area (Å²) < 4.78 is 17.0. The Bertz CT molecular complexity index is 288. The van der Waals surface area contributed by atoms with Crippen LogP contribution in [0.25, 0.3) is 0 Å². The fourth-order valence-corrected chi connectivity index (χ4v) is 3.17. The maximum atomic E-state index is 5.81. The third kappa shape index (κ3) is 4.30. The quantitative estimate of drug-likeness (QED) is 0.541. The number of rotatable bonds is 6. The van der Waals surface area contributed by atoms with Crippen molar-refractivity contribution in [2.45, 2.75) is 70.2 Å². The van der Waals surface area contributed by atoms with Gasteiger partial charge in [0.15, 0.2) is 5.79 Å². The van der Waals surface area contributed by atoms with Gasteiger partial charge in [-0.05, 0) is 38.5 Å². The number of hydrogen-bond donors (Lipinski definition) is 0. The summed E-state index contributed by atoms with van der Waals surface area (Å²) in [5.41, 5.74) is 1.53. The molecule has 3 nitrogen and oxygen atoms in total. The maximum absolute atomic E-state index is 5.81. The average molecular weight is 268 g/mol. The van der Waals surface area contributed by atoms with Gasteiger partial charge in [0, 0.05) is 20.0 Å². The normalized spacial score (nSPS) is 26.1. The number of hydrogen-bond acceptors (Lipinski definition) is 3. The highest BCUT2D eigenvalue weighted by Crippen LogP contribution is 2.38. The van der Waals surface area contributed by atoms with Crippen LogP contribution in [0.15, 0.2) is 11.6 Å². The summed E-state index contributed by atoms with van der Waals surface area (Å²) in [6, 6.07) is 0. The topological polar surface area (TPSA) is 27.7 Å². The second-order valence-electron chi connectivity index (χ2n) is 5.70. The zero-order valence-corrected chi connectivity index (χ0v) is 12.5. The van der Waals surface area contributed by atoms with Crippen LogP contribution in [0.3, 0.4) is 0 Å². The molecule has 1 atom stereocenters. The lowest BCUT2D eigenvalue weighted by atomic mass is 9.88. The molecule has 1 aliphatic heterocycles. The molecule has 2 aliphatic rings. The number of allylic oxidation sites excluding steroid dienone is 1. The van der Waals surface area contributed by atoms with Gasteiger partial charge < -0.3 is 14.2 Å². The Morgan fingerprint density at radius 2 is 2.16 bits per heavy atom. The minimum atomic E-state index is -0.261. The molecule has 1 saturated heterocycles. The van der Waals surface area contributed by atoms with Crippen LogP contribution in [0.4, 0.5) is 0 Å². The van der Waals surface area contributed by atoms with Crippen molar-refractivity contribution in [3.05, 3.63) is 11.6 Å². The summed E-state index contributed by atoms with van der Waals surface area (Å²) in [5.74, 6) is -0.261. The Hall–Kier alpha value is -0.380. The van der Waals surface area contributed by atoms with Crippen LogP contribution in [0.5, 0.6) is 0 Å². The Kier molecular flexibility index (Phi) is 5.86. The summed E-state index contributed by atoms with van der Waals surface area (Å²) in [4.78, 5) is 0. The molecular formula is C16H28O3. The maximum Gasteiger partial charge on any atom is 0.172 e. The summed E-state index contributed by atoms with van der Waals surface area (Å²) >= 11 is 0. The van der Waals surface area contributed by atoms with E-state index in [1.807, 2.05) is 7.11 Å². The number of unbranched alkanes of at least 4 members (excludes halogenated alkanes) is 1. The van der Waals surface area contributed by atoms with Crippen LogP contribution in [0, 0.1) is 0 Å². The van der Waals surface area contributed by atoms with Crippen LogP contribution in [0.2, 0.25) is 0 Å². The SMILES string of the molecule is CCC(CCC/C=C1/CCCC2(C1)OCCO2)OC. The number of methoxy groups -OCH3 is 1. The minimum Gasteiger partial charge on any atom is -0.381 e. The first-order valence-corrected chi connectivity index (χ1v) is 7.76. The first-order chi connectivity index (χ1) is 9.28. The van der Waals surface area contributed by atoms with Crippen molar-refractivity contribution in [2.24, 2.45) is 0 Å². The van der Waals surface area contributed by atoms with Crippen molar-refractivity contribution in [1.82, 2.24) is 0 Å². The summed E-state index contributed by atoms with van der Waals surface area (Å²) in [6.45, 7) is 3.71. The van der Waals surface area contributed by atoms with E-state index < -0.39 is 0 Å². The molecule has 2 rings (SSSR count). The van der Waals surface area contributed by atoms with E-state index in [1.54, 1.807) is 0 Å². The largest absolute Gasteiger partial charge is 0.381 e. The fourth-order valence-electron chi connectivity index (χ4n) is 3.17. The van der Waals surface area contributed by atoms with E-state index in [0.29, 0.717) is 6.10 Å². The first-order valence-electron chi connectivity index (χ1n) is 7.76. The van der Waals surface area contributed by atoms with Crippen molar-refractivity contribution in [2.75, 3.05) is 20.3 Å². The molecule has 0 bridgehead atoms. The molecule has 0 N–H and O–H groups in total. The second kappa shape index (κ2) is 7.41. The van der Waals surface area contributed by atoms with Crippen LogP contribution in [-0.2, 0) is 14.2 Å². The molecule has 1 unspecified atom stereocenters. The predicted molar refractivity (Wildman–Crippen MR) is 76.1 cm³/mol. The van der Waals surface area contributed by atoms with E-state index in [1.165, 1.54) is 24.8 Å². The van der Waals surface area contributed by atoms with E-state index in [-0.39, 0.29) is 5.79 Å². The van der Waals surface area contributed by atoms with Gasteiger partial charge in [-0.1, -0.05) is 18.6 Å². The smallest absolute Gasteiger partial charge is 0.172 e. The third-order valence-corrected chi connectivity index (χ3v) is 4.32. The lowest BCUT2D eigenvalue weighted by Gasteiger charge is -2.32. The first kappa shape index (κ1) is 15.0. The Balaban J connectivity index is 1.73. The summed E-state index contributed by atoms with van der Waals surface area (Å²) in [5, 5.41) is 0. The molecule has 0 aromatic rings. The Labute approximate surface area is 117 Å². The molecule has 0 amide bonds. The molecule has 1 aliphatic carbocycles. The van der Waals surface area contributed by atoms with Gasteiger partial charge >= 0.3 is 0 Å². The minimum absolute atomic E-state index is 0.261. The standard InChI is InChI=1S/C16H28O3/c1-3-15(17-2)9-5-4-7-14-8-6-10-16(13-14)18-11-12-19-16/h7,15H,3-6,8-13H2,1-2H3/b14-7-. The summed E-state index contributed by atoms with van der Waals surface area (Å²) in [7, 11) is 1.81. The number of ether oxygens (including phenoxy) is 3. The van der Waals surface area contributed by atoms with E-state index in [9.17, 15) is 0 Å². The zero-order valence-electron chi connectivity index (χ0n) is 12.5. The molecule has 1 spiro atoms.